The van der Waals surface area contributed by atoms with Crippen molar-refractivity contribution >= 4 is 56.0 Å². The van der Waals surface area contributed by atoms with Gasteiger partial charge in [0.15, 0.2) is 0 Å². The van der Waals surface area contributed by atoms with Crippen LogP contribution in [0.5, 0.6) is 5.75 Å². The highest BCUT2D eigenvalue weighted by molar-refractivity contribution is 7.23. The van der Waals surface area contributed by atoms with Crippen molar-refractivity contribution in [2.75, 3.05) is 12.8 Å². The quantitative estimate of drug-likeness (QED) is 0.273. The number of hydrogen-bond donors (Lipinski definition) is 1. The number of pyridine rings is 1. The minimum absolute atomic E-state index is 0.135. The molecular formula is C25H17ClN2O2S2. The average Bonchev–Trinajstić information content (AvgIpc) is 3.42. The zero-order valence-corrected chi connectivity index (χ0v) is 19.4. The number of carbonyl (C=O) groups excluding carboxylic acids is 1. The Hall–Kier alpha value is -3.19. The minimum Gasteiger partial charge on any atom is -0.497 e. The van der Waals surface area contributed by atoms with Gasteiger partial charge in [-0.3, -0.25) is 4.79 Å². The van der Waals surface area contributed by atoms with Crippen LogP contribution in [0.2, 0.25) is 4.34 Å². The van der Waals surface area contributed by atoms with Crippen molar-refractivity contribution in [3.63, 3.8) is 0 Å². The van der Waals surface area contributed by atoms with Crippen LogP contribution in [0.25, 0.3) is 32.6 Å². The van der Waals surface area contributed by atoms with E-state index in [0.717, 1.165) is 38.4 Å². The van der Waals surface area contributed by atoms with Crippen molar-refractivity contribution in [3.05, 3.63) is 86.9 Å². The monoisotopic (exact) mass is 476 g/mol. The fourth-order valence-corrected chi connectivity index (χ4v) is 5.72. The van der Waals surface area contributed by atoms with E-state index < -0.39 is 0 Å². The molecule has 32 heavy (non-hydrogen) atoms. The third-order valence-corrected chi connectivity index (χ3v) is 7.50. The highest BCUT2D eigenvalue weighted by Gasteiger charge is 2.23. The Balaban J connectivity index is 1.75. The topological polar surface area (TPSA) is 65.2 Å². The number of rotatable bonds is 5. The summed E-state index contributed by atoms with van der Waals surface area (Å²) in [5, 5.41) is 0.783. The standard InChI is InChI=1S/C25H17ClN2O2S2/c1-30-16-9-7-14(8-10-16)17-13-18(15-5-3-2-4-6-15)28-25-21(17)22(27)24(32-25)23(29)19-11-12-20(26)31-19/h2-13H,27H2,1H3. The molecule has 5 aromatic rings. The van der Waals surface area contributed by atoms with Gasteiger partial charge >= 0.3 is 0 Å². The Morgan fingerprint density at radius 2 is 1.72 bits per heavy atom. The van der Waals surface area contributed by atoms with E-state index in [9.17, 15) is 4.79 Å². The maximum atomic E-state index is 13.2. The first-order valence-electron chi connectivity index (χ1n) is 9.78. The lowest BCUT2D eigenvalue weighted by Crippen LogP contribution is -1.99. The van der Waals surface area contributed by atoms with E-state index in [4.69, 9.17) is 27.1 Å². The van der Waals surface area contributed by atoms with Gasteiger partial charge in [0.1, 0.15) is 15.5 Å². The number of methoxy groups -OCH3 is 1. The summed E-state index contributed by atoms with van der Waals surface area (Å²) < 4.78 is 5.87. The second-order valence-electron chi connectivity index (χ2n) is 7.11. The van der Waals surface area contributed by atoms with Gasteiger partial charge in [0.05, 0.1) is 27.7 Å². The highest BCUT2D eigenvalue weighted by Crippen LogP contribution is 2.42. The predicted octanol–water partition coefficient (Wildman–Crippen LogP) is 7.17. The molecule has 0 fully saturated rings. The third kappa shape index (κ3) is 3.66. The van der Waals surface area contributed by atoms with Gasteiger partial charge in [0.2, 0.25) is 5.78 Å². The van der Waals surface area contributed by atoms with Crippen LogP contribution >= 0.6 is 34.3 Å². The number of benzene rings is 2. The van der Waals surface area contributed by atoms with Crippen molar-refractivity contribution in [2.45, 2.75) is 0 Å². The molecule has 0 saturated carbocycles. The maximum absolute atomic E-state index is 13.2. The molecule has 0 aliphatic rings. The van der Waals surface area contributed by atoms with Gasteiger partial charge in [0.25, 0.3) is 0 Å². The Bertz CT molecular complexity index is 1440. The van der Waals surface area contributed by atoms with Gasteiger partial charge in [-0.25, -0.2) is 4.98 Å². The number of nitrogen functional groups attached to an aromatic ring is 1. The summed E-state index contributed by atoms with van der Waals surface area (Å²) in [7, 11) is 1.64. The molecular weight excluding hydrogens is 460 g/mol. The number of fused-ring (bicyclic) bond motifs is 1. The van der Waals surface area contributed by atoms with Crippen LogP contribution in [0.3, 0.4) is 0 Å². The van der Waals surface area contributed by atoms with Crippen molar-refractivity contribution < 1.29 is 9.53 Å². The largest absolute Gasteiger partial charge is 0.497 e. The van der Waals surface area contributed by atoms with Gasteiger partial charge in [0, 0.05) is 10.9 Å². The van der Waals surface area contributed by atoms with E-state index in [-0.39, 0.29) is 5.78 Å². The van der Waals surface area contributed by atoms with Crippen molar-refractivity contribution in [1.29, 1.82) is 0 Å². The fraction of sp³-hybridized carbons (Fsp3) is 0.0400. The molecule has 0 bridgehead atoms. The van der Waals surface area contributed by atoms with Gasteiger partial charge in [-0.15, -0.1) is 22.7 Å². The first kappa shape index (κ1) is 20.7. The van der Waals surface area contributed by atoms with Crippen LogP contribution in [0.1, 0.15) is 14.5 Å². The number of ether oxygens (including phenoxy) is 1. The van der Waals surface area contributed by atoms with Gasteiger partial charge in [-0.05, 0) is 41.5 Å². The average molecular weight is 477 g/mol. The van der Waals surface area contributed by atoms with E-state index in [1.54, 1.807) is 19.2 Å². The van der Waals surface area contributed by atoms with Gasteiger partial charge in [-0.1, -0.05) is 54.1 Å². The fourth-order valence-electron chi connectivity index (χ4n) is 3.59. The molecule has 2 N–H and O–H groups in total. The second-order valence-corrected chi connectivity index (χ2v) is 9.82. The molecule has 5 rings (SSSR count). The Morgan fingerprint density at radius 3 is 2.38 bits per heavy atom. The Kier molecular flexibility index (Phi) is 5.43. The number of thiophene rings is 2. The van der Waals surface area contributed by atoms with Crippen LogP contribution in [-0.2, 0) is 0 Å². The molecule has 0 spiro atoms. The number of nitrogens with zero attached hydrogens (tertiary/aromatic N) is 1. The summed E-state index contributed by atoms with van der Waals surface area (Å²) in [6.07, 6.45) is 0. The van der Waals surface area contributed by atoms with Gasteiger partial charge < -0.3 is 10.5 Å². The number of nitrogens with two attached hydrogens (primary N) is 1. The molecule has 3 aromatic heterocycles. The molecule has 0 atom stereocenters. The molecule has 0 aliphatic carbocycles. The predicted molar refractivity (Wildman–Crippen MR) is 134 cm³/mol. The lowest BCUT2D eigenvalue weighted by molar-refractivity contribution is 0.104. The maximum Gasteiger partial charge on any atom is 0.215 e. The Morgan fingerprint density at radius 1 is 0.969 bits per heavy atom. The van der Waals surface area contributed by atoms with Crippen molar-refractivity contribution in [1.82, 2.24) is 4.98 Å². The minimum atomic E-state index is -0.135. The van der Waals surface area contributed by atoms with E-state index >= 15 is 0 Å². The zero-order chi connectivity index (χ0) is 22.2. The van der Waals surface area contributed by atoms with E-state index in [0.29, 0.717) is 19.8 Å². The molecule has 158 valence electrons. The highest BCUT2D eigenvalue weighted by atomic mass is 35.5. The zero-order valence-electron chi connectivity index (χ0n) is 17.0. The number of aromatic nitrogens is 1. The molecule has 7 heteroatoms. The second kappa shape index (κ2) is 8.39. The van der Waals surface area contributed by atoms with Crippen LogP contribution < -0.4 is 10.5 Å². The number of anilines is 1. The summed E-state index contributed by atoms with van der Waals surface area (Å²) in [5.74, 6) is 0.635. The van der Waals surface area contributed by atoms with Crippen LogP contribution in [-0.4, -0.2) is 17.9 Å². The first-order valence-corrected chi connectivity index (χ1v) is 11.8. The molecule has 0 amide bonds. The molecule has 0 radical (unpaired) electrons. The molecule has 2 aromatic carbocycles. The number of ketones is 1. The lowest BCUT2D eigenvalue weighted by Gasteiger charge is -2.09. The molecule has 0 saturated heterocycles. The van der Waals surface area contributed by atoms with E-state index in [1.807, 2.05) is 60.7 Å². The van der Waals surface area contributed by atoms with E-state index in [1.165, 1.54) is 22.7 Å². The van der Waals surface area contributed by atoms with Crippen LogP contribution in [0, 0.1) is 0 Å². The molecule has 4 nitrogen and oxygen atoms in total. The van der Waals surface area contributed by atoms with Crippen molar-refractivity contribution in [3.8, 4) is 28.1 Å². The summed E-state index contributed by atoms with van der Waals surface area (Å²) >= 11 is 8.61. The number of hydrogen-bond acceptors (Lipinski definition) is 6. The lowest BCUT2D eigenvalue weighted by atomic mass is 9.99. The summed E-state index contributed by atoms with van der Waals surface area (Å²) in [6, 6.07) is 23.2. The van der Waals surface area contributed by atoms with E-state index in [2.05, 4.69) is 0 Å². The molecule has 3 heterocycles. The van der Waals surface area contributed by atoms with Crippen molar-refractivity contribution in [2.24, 2.45) is 0 Å². The molecule has 0 unspecified atom stereocenters. The molecule has 0 aliphatic heterocycles. The van der Waals surface area contributed by atoms with Gasteiger partial charge in [-0.2, -0.15) is 0 Å². The Labute approximate surface area is 197 Å². The normalized spacial score (nSPS) is 11.1. The number of carbonyl (C=O) groups is 1. The SMILES string of the molecule is COc1ccc(-c2cc(-c3ccccc3)nc3sc(C(=O)c4ccc(Cl)s4)c(N)c23)cc1. The third-order valence-electron chi connectivity index (χ3n) is 5.17. The smallest absolute Gasteiger partial charge is 0.215 e. The first-order chi connectivity index (χ1) is 15.5. The van der Waals surface area contributed by atoms with Crippen LogP contribution in [0.4, 0.5) is 5.69 Å². The summed E-state index contributed by atoms with van der Waals surface area (Å²) in [6.45, 7) is 0. The van der Waals surface area contributed by atoms with Crippen LogP contribution in [0.15, 0.2) is 72.8 Å². The summed E-state index contributed by atoms with van der Waals surface area (Å²) in [5.41, 5.74) is 10.7. The number of halogens is 1. The summed E-state index contributed by atoms with van der Waals surface area (Å²) in [4.78, 5) is 19.8.